The fourth-order valence-corrected chi connectivity index (χ4v) is 1.61. The Morgan fingerprint density at radius 1 is 1.28 bits per heavy atom. The number of amidine groups is 1. The second-order valence-electron chi connectivity index (χ2n) is 4.50. The smallest absolute Gasteiger partial charge is 0.387 e. The van der Waals surface area contributed by atoms with Gasteiger partial charge in [0.2, 0.25) is 0 Å². The summed E-state index contributed by atoms with van der Waals surface area (Å²) in [4.78, 5) is 0. The summed E-state index contributed by atoms with van der Waals surface area (Å²) in [6.45, 7) is 3.82. The molecule has 6 heteroatoms. The molecule has 18 heavy (non-hydrogen) atoms. The van der Waals surface area contributed by atoms with E-state index in [1.807, 2.05) is 6.92 Å². The number of hydrogen-bond donors (Lipinski definition) is 2. The van der Waals surface area contributed by atoms with Crippen molar-refractivity contribution in [3.8, 4) is 0 Å². The maximum absolute atomic E-state index is 12.5. The van der Waals surface area contributed by atoms with E-state index in [2.05, 4.69) is 6.92 Å². The normalized spacial score (nSPS) is 15.4. The molecular weight excluding hydrogens is 245 g/mol. The first-order valence-electron chi connectivity index (χ1n) is 6.31. The van der Waals surface area contributed by atoms with Gasteiger partial charge >= 0.3 is 6.18 Å². The highest BCUT2D eigenvalue weighted by Crippen LogP contribution is 2.26. The van der Waals surface area contributed by atoms with Crippen LogP contribution in [0.4, 0.5) is 13.2 Å². The third-order valence-corrected chi connectivity index (χ3v) is 2.95. The van der Waals surface area contributed by atoms with Crippen LogP contribution in [0.15, 0.2) is 0 Å². The average Bonchev–Trinajstić information content (AvgIpc) is 2.25. The standard InChI is InChI=1S/C12H23F3N2O/c1-3-5-6-9(4-2)7-18-8-10(11(16)17)12(13,14)15/h9-10H,3-8H2,1-2H3,(H3,16,17). The van der Waals surface area contributed by atoms with Crippen molar-refractivity contribution >= 4 is 5.84 Å². The average molecular weight is 268 g/mol. The van der Waals surface area contributed by atoms with Crippen molar-refractivity contribution in [1.82, 2.24) is 0 Å². The van der Waals surface area contributed by atoms with E-state index in [-0.39, 0.29) is 5.92 Å². The van der Waals surface area contributed by atoms with Gasteiger partial charge in [0.25, 0.3) is 0 Å². The molecule has 0 fully saturated rings. The summed E-state index contributed by atoms with van der Waals surface area (Å²) in [5.74, 6) is -2.59. The van der Waals surface area contributed by atoms with Crippen molar-refractivity contribution in [3.05, 3.63) is 0 Å². The summed E-state index contributed by atoms with van der Waals surface area (Å²) >= 11 is 0. The molecule has 2 unspecified atom stereocenters. The molecular formula is C12H23F3N2O. The fraction of sp³-hybridized carbons (Fsp3) is 0.917. The van der Waals surface area contributed by atoms with Crippen molar-refractivity contribution in [2.75, 3.05) is 13.2 Å². The Kier molecular flexibility index (Phi) is 7.98. The van der Waals surface area contributed by atoms with Crippen LogP contribution in [0, 0.1) is 17.2 Å². The largest absolute Gasteiger partial charge is 0.400 e. The third-order valence-electron chi connectivity index (χ3n) is 2.95. The zero-order valence-electron chi connectivity index (χ0n) is 11.0. The summed E-state index contributed by atoms with van der Waals surface area (Å²) < 4.78 is 42.5. The molecule has 0 spiro atoms. The first-order valence-corrected chi connectivity index (χ1v) is 6.31. The summed E-state index contributed by atoms with van der Waals surface area (Å²) in [5.41, 5.74) is 4.94. The lowest BCUT2D eigenvalue weighted by Crippen LogP contribution is -2.38. The molecule has 0 bridgehead atoms. The lowest BCUT2D eigenvalue weighted by Gasteiger charge is -2.21. The predicted octanol–water partition coefficient (Wildman–Crippen LogP) is 3.33. The molecule has 0 heterocycles. The van der Waals surface area contributed by atoms with Crippen LogP contribution >= 0.6 is 0 Å². The molecule has 0 aliphatic carbocycles. The van der Waals surface area contributed by atoms with Gasteiger partial charge in [-0.3, -0.25) is 5.41 Å². The lowest BCUT2D eigenvalue weighted by atomic mass is 10.0. The minimum absolute atomic E-state index is 0.283. The van der Waals surface area contributed by atoms with Gasteiger partial charge in [0, 0.05) is 6.61 Å². The number of alkyl halides is 3. The Hall–Kier alpha value is -0.780. The number of halogens is 3. The van der Waals surface area contributed by atoms with Gasteiger partial charge in [-0.2, -0.15) is 13.2 Å². The van der Waals surface area contributed by atoms with Gasteiger partial charge in [0.15, 0.2) is 0 Å². The lowest BCUT2D eigenvalue weighted by molar-refractivity contribution is -0.169. The van der Waals surface area contributed by atoms with E-state index in [9.17, 15) is 13.2 Å². The highest BCUT2D eigenvalue weighted by atomic mass is 19.4. The second-order valence-corrected chi connectivity index (χ2v) is 4.50. The molecule has 0 saturated carbocycles. The summed E-state index contributed by atoms with van der Waals surface area (Å²) in [7, 11) is 0. The monoisotopic (exact) mass is 268 g/mol. The number of ether oxygens (including phenoxy) is 1. The van der Waals surface area contributed by atoms with Crippen molar-refractivity contribution in [1.29, 1.82) is 5.41 Å². The van der Waals surface area contributed by atoms with Crippen molar-refractivity contribution < 1.29 is 17.9 Å². The molecule has 2 atom stereocenters. The van der Waals surface area contributed by atoms with Gasteiger partial charge in [-0.15, -0.1) is 0 Å². The maximum atomic E-state index is 12.5. The van der Waals surface area contributed by atoms with E-state index >= 15 is 0 Å². The number of unbranched alkanes of at least 4 members (excludes halogenated alkanes) is 1. The molecule has 108 valence electrons. The Morgan fingerprint density at radius 3 is 2.28 bits per heavy atom. The van der Waals surface area contributed by atoms with Crippen molar-refractivity contribution in [2.45, 2.75) is 45.7 Å². The van der Waals surface area contributed by atoms with Crippen molar-refractivity contribution in [2.24, 2.45) is 17.6 Å². The Bertz CT molecular complexity index is 244. The summed E-state index contributed by atoms with van der Waals surface area (Å²) in [5, 5.41) is 6.93. The van der Waals surface area contributed by atoms with E-state index in [0.717, 1.165) is 25.7 Å². The van der Waals surface area contributed by atoms with Gasteiger partial charge in [0.1, 0.15) is 11.8 Å². The van der Waals surface area contributed by atoms with E-state index in [0.29, 0.717) is 6.61 Å². The zero-order chi connectivity index (χ0) is 14.2. The molecule has 3 N–H and O–H groups in total. The van der Waals surface area contributed by atoms with E-state index in [1.165, 1.54) is 0 Å². The molecule has 0 amide bonds. The summed E-state index contributed by atoms with van der Waals surface area (Å²) in [6.07, 6.45) is -0.538. The number of nitrogens with two attached hydrogens (primary N) is 1. The van der Waals surface area contributed by atoms with Gasteiger partial charge in [-0.1, -0.05) is 33.1 Å². The highest BCUT2D eigenvalue weighted by molar-refractivity contribution is 5.80. The van der Waals surface area contributed by atoms with Crippen LogP contribution in [0.25, 0.3) is 0 Å². The minimum atomic E-state index is -4.50. The Labute approximate surface area is 106 Å². The van der Waals surface area contributed by atoms with Crippen LogP contribution in [0.3, 0.4) is 0 Å². The van der Waals surface area contributed by atoms with E-state index < -0.39 is 24.5 Å². The fourth-order valence-electron chi connectivity index (χ4n) is 1.61. The highest BCUT2D eigenvalue weighted by Gasteiger charge is 2.42. The third kappa shape index (κ3) is 6.83. The van der Waals surface area contributed by atoms with Crippen molar-refractivity contribution in [3.63, 3.8) is 0 Å². The maximum Gasteiger partial charge on any atom is 0.400 e. The molecule has 0 aromatic heterocycles. The first kappa shape index (κ1) is 17.2. The molecule has 0 radical (unpaired) electrons. The van der Waals surface area contributed by atoms with Crippen LogP contribution in [-0.2, 0) is 4.74 Å². The quantitative estimate of drug-likeness (QED) is 0.497. The van der Waals surface area contributed by atoms with Crippen LogP contribution in [-0.4, -0.2) is 25.2 Å². The molecule has 0 aliphatic rings. The minimum Gasteiger partial charge on any atom is -0.387 e. The van der Waals surface area contributed by atoms with Crippen LogP contribution in [0.2, 0.25) is 0 Å². The topological polar surface area (TPSA) is 59.1 Å². The second kappa shape index (κ2) is 8.34. The molecule has 0 rings (SSSR count). The molecule has 0 aromatic carbocycles. The van der Waals surface area contributed by atoms with Gasteiger partial charge < -0.3 is 10.5 Å². The number of nitrogens with one attached hydrogen (secondary N) is 1. The Morgan fingerprint density at radius 2 is 1.89 bits per heavy atom. The van der Waals surface area contributed by atoms with Crippen LogP contribution in [0.1, 0.15) is 39.5 Å². The molecule has 0 saturated heterocycles. The Balaban J connectivity index is 4.09. The molecule has 0 aromatic rings. The molecule has 3 nitrogen and oxygen atoms in total. The SMILES string of the molecule is CCCCC(CC)COCC(C(=N)N)C(F)(F)F. The van der Waals surface area contributed by atoms with Gasteiger partial charge in [0.05, 0.1) is 6.61 Å². The van der Waals surface area contributed by atoms with Crippen LogP contribution in [0.5, 0.6) is 0 Å². The van der Waals surface area contributed by atoms with E-state index in [4.69, 9.17) is 15.9 Å². The molecule has 0 aliphatic heterocycles. The first-order chi connectivity index (χ1) is 8.32. The zero-order valence-corrected chi connectivity index (χ0v) is 11.0. The van der Waals surface area contributed by atoms with Gasteiger partial charge in [-0.25, -0.2) is 0 Å². The number of hydrogen-bond acceptors (Lipinski definition) is 2. The van der Waals surface area contributed by atoms with Gasteiger partial charge in [-0.05, 0) is 12.3 Å². The van der Waals surface area contributed by atoms with Crippen LogP contribution < -0.4 is 5.73 Å². The summed E-state index contributed by atoms with van der Waals surface area (Å²) in [6, 6.07) is 0. The predicted molar refractivity (Wildman–Crippen MR) is 65.6 cm³/mol. The van der Waals surface area contributed by atoms with E-state index in [1.54, 1.807) is 0 Å². The number of rotatable bonds is 9.